The van der Waals surface area contributed by atoms with Gasteiger partial charge in [0.15, 0.2) is 11.5 Å². The Balaban J connectivity index is 1.80. The van der Waals surface area contributed by atoms with E-state index in [0.717, 1.165) is 4.52 Å². The molecule has 0 aliphatic heterocycles. The third kappa shape index (κ3) is 3.12. The van der Waals surface area contributed by atoms with Crippen molar-refractivity contribution in [1.29, 1.82) is 0 Å². The van der Waals surface area contributed by atoms with Crippen LogP contribution in [-0.4, -0.2) is 36.9 Å². The topological polar surface area (TPSA) is 78.1 Å². The van der Waals surface area contributed by atoms with Crippen LogP contribution in [0.2, 0.25) is 0 Å². The molecule has 0 atom stereocenters. The molecule has 0 bridgehead atoms. The van der Waals surface area contributed by atoms with Crippen LogP contribution >= 0.6 is 15.9 Å². The Hall–Kier alpha value is -3.01. The third-order valence-electron chi connectivity index (χ3n) is 3.83. The minimum Gasteiger partial charge on any atom is -0.480 e. The number of nitrogens with zero attached hydrogens (tertiary/aromatic N) is 6. The van der Waals surface area contributed by atoms with E-state index in [2.05, 4.69) is 41.2 Å². The Kier molecular flexibility index (Phi) is 4.27. The highest BCUT2D eigenvalue weighted by Gasteiger charge is 2.40. The lowest BCUT2D eigenvalue weighted by Gasteiger charge is -2.15. The average molecular weight is 433 g/mol. The minimum absolute atomic E-state index is 0.177. The lowest BCUT2D eigenvalue weighted by molar-refractivity contribution is 0.0305. The number of aromatic nitrogens is 6. The summed E-state index contributed by atoms with van der Waals surface area (Å²) in [5, 5.41) is 11.4. The average Bonchev–Trinajstić information content (AvgIpc) is 3.12. The van der Waals surface area contributed by atoms with Crippen molar-refractivity contribution in [3.05, 3.63) is 64.7 Å². The number of ether oxygens (including phenoxy) is 1. The first-order chi connectivity index (χ1) is 13.0. The van der Waals surface area contributed by atoms with Gasteiger partial charge in [-0.1, -0.05) is 18.2 Å². The molecule has 0 amide bonds. The molecule has 3 heterocycles. The van der Waals surface area contributed by atoms with Crippen molar-refractivity contribution in [3.8, 4) is 17.3 Å². The summed E-state index contributed by atoms with van der Waals surface area (Å²) >= 11 is 3.24. The summed E-state index contributed by atoms with van der Waals surface area (Å²) < 4.78 is 37.1. The lowest BCUT2D eigenvalue weighted by Crippen LogP contribution is -2.20. The van der Waals surface area contributed by atoms with Crippen LogP contribution in [0.1, 0.15) is 11.4 Å². The Morgan fingerprint density at radius 1 is 1.07 bits per heavy atom. The standard InChI is InChI=1S/C17H11BrF2N6O/c1-27-14-6-5-13-23-24-16(26(13)25-14)17(19,20)11-4-2-3-10(7-11)15-21-8-12(18)9-22-15/h2-9H,1H3. The second-order valence-electron chi connectivity index (χ2n) is 5.55. The summed E-state index contributed by atoms with van der Waals surface area (Å²) in [4.78, 5) is 8.28. The molecule has 7 nitrogen and oxygen atoms in total. The maximum Gasteiger partial charge on any atom is 0.333 e. The fraction of sp³-hybridized carbons (Fsp3) is 0.118. The smallest absolute Gasteiger partial charge is 0.333 e. The van der Waals surface area contributed by atoms with Gasteiger partial charge in [-0.2, -0.15) is 13.3 Å². The van der Waals surface area contributed by atoms with E-state index in [-0.39, 0.29) is 17.1 Å². The maximum absolute atomic E-state index is 15.2. The van der Waals surface area contributed by atoms with Crippen LogP contribution in [-0.2, 0) is 5.92 Å². The van der Waals surface area contributed by atoms with E-state index in [1.54, 1.807) is 18.5 Å². The van der Waals surface area contributed by atoms with Crippen LogP contribution in [0.4, 0.5) is 8.78 Å². The molecule has 4 aromatic rings. The second kappa shape index (κ2) is 6.62. The van der Waals surface area contributed by atoms with Crippen LogP contribution in [0.5, 0.6) is 5.88 Å². The summed E-state index contributed by atoms with van der Waals surface area (Å²) in [5.41, 5.74) is 0.377. The minimum atomic E-state index is -3.44. The molecule has 0 spiro atoms. The van der Waals surface area contributed by atoms with E-state index in [1.807, 2.05) is 0 Å². The summed E-state index contributed by atoms with van der Waals surface area (Å²) in [6.45, 7) is 0. The van der Waals surface area contributed by atoms with Gasteiger partial charge in [-0.3, -0.25) is 0 Å². The highest BCUT2D eigenvalue weighted by Crippen LogP contribution is 2.36. The zero-order valence-electron chi connectivity index (χ0n) is 13.8. The first-order valence-corrected chi connectivity index (χ1v) is 8.51. The molecular weight excluding hydrogens is 422 g/mol. The number of hydrogen-bond donors (Lipinski definition) is 0. The van der Waals surface area contributed by atoms with Gasteiger partial charge in [0, 0.05) is 29.6 Å². The van der Waals surface area contributed by atoms with Gasteiger partial charge < -0.3 is 4.74 Å². The van der Waals surface area contributed by atoms with Crippen molar-refractivity contribution < 1.29 is 13.5 Å². The number of hydrogen-bond acceptors (Lipinski definition) is 6. The Labute approximate surface area is 160 Å². The van der Waals surface area contributed by atoms with Gasteiger partial charge in [0.05, 0.1) is 11.6 Å². The Bertz CT molecular complexity index is 1120. The van der Waals surface area contributed by atoms with Gasteiger partial charge in [-0.25, -0.2) is 9.97 Å². The van der Waals surface area contributed by atoms with Crippen LogP contribution < -0.4 is 4.74 Å². The van der Waals surface area contributed by atoms with Gasteiger partial charge in [0.1, 0.15) is 0 Å². The van der Waals surface area contributed by atoms with Crippen LogP contribution in [0.3, 0.4) is 0 Å². The largest absolute Gasteiger partial charge is 0.480 e. The predicted octanol–water partition coefficient (Wildman–Crippen LogP) is 3.49. The monoisotopic (exact) mass is 432 g/mol. The first kappa shape index (κ1) is 17.4. The predicted molar refractivity (Wildman–Crippen MR) is 95.5 cm³/mol. The van der Waals surface area contributed by atoms with E-state index in [0.29, 0.717) is 15.9 Å². The van der Waals surface area contributed by atoms with Gasteiger partial charge >= 0.3 is 5.92 Å². The zero-order valence-corrected chi connectivity index (χ0v) is 15.4. The molecule has 0 N–H and O–H groups in total. The van der Waals surface area contributed by atoms with Crippen molar-refractivity contribution in [2.75, 3.05) is 7.11 Å². The molecule has 136 valence electrons. The summed E-state index contributed by atoms with van der Waals surface area (Å²) in [6.07, 6.45) is 3.10. The molecule has 0 saturated carbocycles. The number of benzene rings is 1. The second-order valence-corrected chi connectivity index (χ2v) is 6.47. The highest BCUT2D eigenvalue weighted by atomic mass is 79.9. The van der Waals surface area contributed by atoms with E-state index < -0.39 is 11.7 Å². The molecule has 0 fully saturated rings. The van der Waals surface area contributed by atoms with Crippen molar-refractivity contribution in [2.45, 2.75) is 5.92 Å². The van der Waals surface area contributed by atoms with E-state index in [9.17, 15) is 0 Å². The SMILES string of the molecule is COc1ccc2nnc(C(F)(F)c3cccc(-c4ncc(Br)cn4)c3)n2n1. The zero-order chi connectivity index (χ0) is 19.0. The van der Waals surface area contributed by atoms with E-state index >= 15 is 8.78 Å². The Morgan fingerprint density at radius 2 is 1.85 bits per heavy atom. The summed E-state index contributed by atoms with van der Waals surface area (Å²) in [6, 6.07) is 8.84. The van der Waals surface area contributed by atoms with Gasteiger partial charge in [-0.05, 0) is 28.1 Å². The van der Waals surface area contributed by atoms with Crippen molar-refractivity contribution in [2.24, 2.45) is 0 Å². The normalized spacial score (nSPS) is 11.7. The molecule has 4 rings (SSSR count). The molecule has 0 radical (unpaired) electrons. The molecule has 10 heteroatoms. The molecular formula is C17H11BrF2N6O. The number of alkyl halides is 2. The van der Waals surface area contributed by atoms with Crippen LogP contribution in [0, 0.1) is 0 Å². The first-order valence-electron chi connectivity index (χ1n) is 7.72. The van der Waals surface area contributed by atoms with Crippen molar-refractivity contribution >= 4 is 21.6 Å². The molecule has 0 aliphatic rings. The number of halogens is 3. The van der Waals surface area contributed by atoms with Crippen molar-refractivity contribution in [1.82, 2.24) is 29.8 Å². The molecule has 3 aromatic heterocycles. The molecule has 27 heavy (non-hydrogen) atoms. The lowest BCUT2D eigenvalue weighted by atomic mass is 10.0. The van der Waals surface area contributed by atoms with Crippen molar-refractivity contribution in [3.63, 3.8) is 0 Å². The van der Waals surface area contributed by atoms with Gasteiger partial charge in [0.25, 0.3) is 0 Å². The number of methoxy groups -OCH3 is 1. The van der Waals surface area contributed by atoms with Crippen LogP contribution in [0.15, 0.2) is 53.3 Å². The van der Waals surface area contributed by atoms with E-state index in [1.165, 1.54) is 37.4 Å². The molecule has 0 saturated heterocycles. The summed E-state index contributed by atoms with van der Waals surface area (Å²) in [7, 11) is 1.40. The number of rotatable bonds is 4. The molecule has 0 unspecified atom stereocenters. The van der Waals surface area contributed by atoms with Gasteiger partial charge in [-0.15, -0.1) is 15.3 Å². The molecule has 1 aromatic carbocycles. The Morgan fingerprint density at radius 3 is 2.59 bits per heavy atom. The third-order valence-corrected chi connectivity index (χ3v) is 4.24. The maximum atomic E-state index is 15.2. The highest BCUT2D eigenvalue weighted by molar-refractivity contribution is 9.10. The van der Waals surface area contributed by atoms with E-state index in [4.69, 9.17) is 4.74 Å². The summed E-state index contributed by atoms with van der Waals surface area (Å²) in [5.74, 6) is -3.53. The quantitative estimate of drug-likeness (QED) is 0.491. The fourth-order valence-electron chi connectivity index (χ4n) is 2.52. The molecule has 0 aliphatic carbocycles. The fourth-order valence-corrected chi connectivity index (χ4v) is 2.73. The van der Waals surface area contributed by atoms with Gasteiger partial charge in [0.2, 0.25) is 11.7 Å². The van der Waals surface area contributed by atoms with Crippen LogP contribution in [0.25, 0.3) is 17.0 Å². The number of fused-ring (bicyclic) bond motifs is 1.